The molecule has 2 rings (SSSR count). The largest absolute Gasteiger partial charge is 0.497 e. The van der Waals surface area contributed by atoms with E-state index < -0.39 is 6.10 Å². The summed E-state index contributed by atoms with van der Waals surface area (Å²) in [7, 11) is 1.63. The Balaban J connectivity index is 1.44. The van der Waals surface area contributed by atoms with Crippen LogP contribution in [0.5, 0.6) is 5.75 Å². The molecule has 0 spiro atoms. The zero-order chi connectivity index (χ0) is 20.7. The van der Waals surface area contributed by atoms with Gasteiger partial charge in [0.15, 0.2) is 5.78 Å². The van der Waals surface area contributed by atoms with Gasteiger partial charge in [0.2, 0.25) is 0 Å². The average molecular weight is 401 g/mol. The van der Waals surface area contributed by atoms with Crippen molar-refractivity contribution in [2.75, 3.05) is 20.3 Å². The van der Waals surface area contributed by atoms with E-state index in [4.69, 9.17) is 14.2 Å². The summed E-state index contributed by atoms with van der Waals surface area (Å²) in [5.74, 6) is 0.919. The first-order chi connectivity index (χ1) is 14.2. The Kier molecular flexibility index (Phi) is 11.0. The molecule has 0 aromatic heterocycles. The van der Waals surface area contributed by atoms with E-state index in [0.29, 0.717) is 32.7 Å². The molecule has 1 atom stereocenters. The lowest BCUT2D eigenvalue weighted by Gasteiger charge is -2.11. The maximum absolute atomic E-state index is 11.9. The molecule has 29 heavy (non-hydrogen) atoms. The van der Waals surface area contributed by atoms with Crippen molar-refractivity contribution in [2.24, 2.45) is 0 Å². The number of unbranched alkanes of at least 4 members (excludes halogenated alkanes) is 2. The standard InChI is InChI=1S/C24H32O5/c1-27-24-14-12-21(13-15-24)17-29-19-23(26)11-7-3-6-10-22(25)18-28-16-20-8-4-2-5-9-20/h2,4-5,8-9,12-15,22,25H,3,6-7,10-11,16-19H2,1H3/t22-/m1/s1. The van der Waals surface area contributed by atoms with Gasteiger partial charge >= 0.3 is 0 Å². The van der Waals surface area contributed by atoms with Crippen LogP contribution < -0.4 is 4.74 Å². The SMILES string of the molecule is COc1ccc(COCC(=O)CCCCC[C@@H](O)COCc2ccccc2)cc1. The molecule has 0 amide bonds. The van der Waals surface area contributed by atoms with Crippen LogP contribution in [0.15, 0.2) is 54.6 Å². The highest BCUT2D eigenvalue weighted by molar-refractivity contribution is 5.79. The summed E-state index contributed by atoms with van der Waals surface area (Å²) >= 11 is 0. The Labute approximate surface area is 173 Å². The molecular formula is C24H32O5. The third-order valence-corrected chi connectivity index (χ3v) is 4.61. The van der Waals surface area contributed by atoms with Crippen molar-refractivity contribution < 1.29 is 24.1 Å². The Morgan fingerprint density at radius 3 is 2.31 bits per heavy atom. The molecule has 0 saturated heterocycles. The number of aliphatic hydroxyl groups excluding tert-OH is 1. The highest BCUT2D eigenvalue weighted by atomic mass is 16.5. The highest BCUT2D eigenvalue weighted by Crippen LogP contribution is 2.12. The van der Waals surface area contributed by atoms with Crippen molar-refractivity contribution in [3.05, 3.63) is 65.7 Å². The monoisotopic (exact) mass is 400 g/mol. The molecule has 0 radical (unpaired) electrons. The summed E-state index contributed by atoms with van der Waals surface area (Å²) in [5, 5.41) is 9.97. The first kappa shape index (κ1) is 23.1. The van der Waals surface area contributed by atoms with Gasteiger partial charge in [-0.3, -0.25) is 4.79 Å². The van der Waals surface area contributed by atoms with Crippen molar-refractivity contribution in [1.29, 1.82) is 0 Å². The highest BCUT2D eigenvalue weighted by Gasteiger charge is 2.06. The Hall–Kier alpha value is -2.21. The molecule has 2 aromatic carbocycles. The minimum atomic E-state index is -0.456. The first-order valence-corrected chi connectivity index (χ1v) is 10.2. The lowest BCUT2D eigenvalue weighted by molar-refractivity contribution is -0.124. The van der Waals surface area contributed by atoms with Gasteiger partial charge in [-0.2, -0.15) is 0 Å². The molecule has 0 aliphatic heterocycles. The molecule has 0 saturated carbocycles. The molecular weight excluding hydrogens is 368 g/mol. The summed E-state index contributed by atoms with van der Waals surface area (Å²) in [4.78, 5) is 11.9. The van der Waals surface area contributed by atoms with Crippen molar-refractivity contribution in [2.45, 2.75) is 51.4 Å². The maximum Gasteiger partial charge on any atom is 0.158 e. The molecule has 0 heterocycles. The molecule has 0 unspecified atom stereocenters. The van der Waals surface area contributed by atoms with Crippen LogP contribution in [0.2, 0.25) is 0 Å². The average Bonchev–Trinajstić information content (AvgIpc) is 2.75. The molecule has 0 aliphatic rings. The molecule has 0 bridgehead atoms. The second-order valence-electron chi connectivity index (χ2n) is 7.13. The Morgan fingerprint density at radius 1 is 0.897 bits per heavy atom. The molecule has 0 aliphatic carbocycles. The third-order valence-electron chi connectivity index (χ3n) is 4.61. The van der Waals surface area contributed by atoms with Gasteiger partial charge in [-0.25, -0.2) is 0 Å². The van der Waals surface area contributed by atoms with Crippen LogP contribution in [-0.2, 0) is 27.5 Å². The van der Waals surface area contributed by atoms with E-state index in [-0.39, 0.29) is 12.4 Å². The summed E-state index contributed by atoms with van der Waals surface area (Å²) in [5.41, 5.74) is 2.12. The van der Waals surface area contributed by atoms with Gasteiger partial charge in [-0.05, 0) is 36.1 Å². The zero-order valence-corrected chi connectivity index (χ0v) is 17.2. The second-order valence-corrected chi connectivity index (χ2v) is 7.13. The van der Waals surface area contributed by atoms with Gasteiger partial charge in [0.1, 0.15) is 12.4 Å². The summed E-state index contributed by atoms with van der Waals surface area (Å²) in [6.07, 6.45) is 3.38. The van der Waals surface area contributed by atoms with Crippen LogP contribution in [-0.4, -0.2) is 37.3 Å². The predicted molar refractivity (Wildman–Crippen MR) is 113 cm³/mol. The van der Waals surface area contributed by atoms with Crippen molar-refractivity contribution in [3.63, 3.8) is 0 Å². The third kappa shape index (κ3) is 10.2. The Bertz CT molecular complexity index is 684. The number of aliphatic hydroxyl groups is 1. The number of ether oxygens (including phenoxy) is 3. The lowest BCUT2D eigenvalue weighted by atomic mass is 10.1. The maximum atomic E-state index is 11.9. The van der Waals surface area contributed by atoms with Crippen LogP contribution in [0.3, 0.4) is 0 Å². The van der Waals surface area contributed by atoms with Gasteiger partial charge in [-0.1, -0.05) is 55.3 Å². The number of benzene rings is 2. The lowest BCUT2D eigenvalue weighted by Crippen LogP contribution is -2.15. The predicted octanol–water partition coefficient (Wildman–Crippen LogP) is 4.31. The quantitative estimate of drug-likeness (QED) is 0.451. The minimum Gasteiger partial charge on any atom is -0.497 e. The fraction of sp³-hybridized carbons (Fsp3) is 0.458. The minimum absolute atomic E-state index is 0.116. The number of methoxy groups -OCH3 is 1. The van der Waals surface area contributed by atoms with Crippen molar-refractivity contribution >= 4 is 5.78 Å². The molecule has 0 fully saturated rings. The van der Waals surface area contributed by atoms with E-state index in [2.05, 4.69) is 0 Å². The van der Waals surface area contributed by atoms with Crippen LogP contribution in [0.25, 0.3) is 0 Å². The molecule has 1 N–H and O–H groups in total. The number of hydrogen-bond donors (Lipinski definition) is 1. The molecule has 5 heteroatoms. The first-order valence-electron chi connectivity index (χ1n) is 10.2. The van der Waals surface area contributed by atoms with Gasteiger partial charge < -0.3 is 19.3 Å². The summed E-state index contributed by atoms with van der Waals surface area (Å²) in [6.45, 7) is 1.42. The number of carbonyl (C=O) groups is 1. The summed E-state index contributed by atoms with van der Waals surface area (Å²) < 4.78 is 16.1. The van der Waals surface area contributed by atoms with E-state index in [0.717, 1.165) is 36.1 Å². The van der Waals surface area contributed by atoms with Gasteiger partial charge in [-0.15, -0.1) is 0 Å². The topological polar surface area (TPSA) is 65.0 Å². The van der Waals surface area contributed by atoms with Crippen LogP contribution in [0, 0.1) is 0 Å². The van der Waals surface area contributed by atoms with Crippen molar-refractivity contribution in [3.8, 4) is 5.75 Å². The van der Waals surface area contributed by atoms with E-state index in [1.165, 1.54) is 0 Å². The van der Waals surface area contributed by atoms with Gasteiger partial charge in [0, 0.05) is 6.42 Å². The fourth-order valence-electron chi connectivity index (χ4n) is 2.93. The van der Waals surface area contributed by atoms with E-state index >= 15 is 0 Å². The number of Topliss-reactive ketones (excluding diaryl/α,β-unsaturated/α-hetero) is 1. The molecule has 158 valence electrons. The van der Waals surface area contributed by atoms with Crippen LogP contribution in [0.4, 0.5) is 0 Å². The smallest absolute Gasteiger partial charge is 0.158 e. The number of rotatable bonds is 15. The number of hydrogen-bond acceptors (Lipinski definition) is 5. The number of carbonyl (C=O) groups excluding carboxylic acids is 1. The van der Waals surface area contributed by atoms with E-state index in [1.54, 1.807) is 7.11 Å². The van der Waals surface area contributed by atoms with Gasteiger partial charge in [0.25, 0.3) is 0 Å². The van der Waals surface area contributed by atoms with E-state index in [1.807, 2.05) is 54.6 Å². The summed E-state index contributed by atoms with van der Waals surface area (Å²) in [6, 6.07) is 17.5. The van der Waals surface area contributed by atoms with E-state index in [9.17, 15) is 9.90 Å². The number of ketones is 1. The van der Waals surface area contributed by atoms with Crippen molar-refractivity contribution in [1.82, 2.24) is 0 Å². The van der Waals surface area contributed by atoms with Crippen LogP contribution in [0.1, 0.15) is 43.2 Å². The van der Waals surface area contributed by atoms with Crippen LogP contribution >= 0.6 is 0 Å². The molecule has 2 aromatic rings. The normalized spacial score (nSPS) is 11.9. The fourth-order valence-corrected chi connectivity index (χ4v) is 2.93. The van der Waals surface area contributed by atoms with Gasteiger partial charge in [0.05, 0.1) is 33.0 Å². The molecule has 5 nitrogen and oxygen atoms in total. The zero-order valence-electron chi connectivity index (χ0n) is 17.2. The Morgan fingerprint density at radius 2 is 1.59 bits per heavy atom. The second kappa shape index (κ2) is 13.9.